The Morgan fingerprint density at radius 1 is 0.550 bits per heavy atom. The number of aromatic hydroxyl groups is 2. The Kier molecular flexibility index (Phi) is 7.44. The molecule has 0 unspecified atom stereocenters. The maximum absolute atomic E-state index is 13.4. The van der Waals surface area contributed by atoms with Crippen LogP contribution in [0.1, 0.15) is 31.8 Å². The molecule has 0 aliphatic heterocycles. The molecule has 2 N–H and O–H groups in total. The lowest BCUT2D eigenvalue weighted by Gasteiger charge is -2.23. The molecule has 0 aromatic heterocycles. The number of ketones is 2. The number of hydrogen-bond acceptors (Lipinski definition) is 10. The van der Waals surface area contributed by atoms with Crippen LogP contribution in [0.4, 0.5) is 0 Å². The van der Waals surface area contributed by atoms with Crippen molar-refractivity contribution in [3.63, 3.8) is 0 Å². The number of carbonyl (C=O) groups is 2. The topological polar surface area (TPSA) is 143 Å². The second-order valence-electron chi connectivity index (χ2n) is 8.33. The second-order valence-corrected chi connectivity index (χ2v) is 15.6. The average molecular weight is 654 g/mol. The highest BCUT2D eigenvalue weighted by Gasteiger charge is 2.38. The Balaban J connectivity index is 1.69. The van der Waals surface area contributed by atoms with Gasteiger partial charge in [-0.25, -0.2) is 16.8 Å². The predicted octanol–water partition coefficient (Wildman–Crippen LogP) is 6.03. The molecular formula is C26H14Cl2O8S4. The van der Waals surface area contributed by atoms with Crippen LogP contribution in [-0.2, 0) is 18.1 Å². The number of halogens is 2. The van der Waals surface area contributed by atoms with Gasteiger partial charge in [-0.05, 0) is 48.5 Å². The zero-order valence-corrected chi connectivity index (χ0v) is 24.4. The molecule has 204 valence electrons. The number of fused-ring (bicyclic) bond motifs is 2. The van der Waals surface area contributed by atoms with Crippen molar-refractivity contribution in [3.8, 4) is 11.5 Å². The molecule has 0 amide bonds. The standard InChI is InChI=1S/C26H14Cl2O8S4/c27-39(33,34)15-9-5-13(6-10-15)37-25-23(31)19-20(22(30)18-4-2-1-3-17(18)21(19)29)24(32)26(25)38-14-7-11-16(12-8-14)40(28,35)36/h1-12,31-32H. The minimum absolute atomic E-state index is 0.0114. The maximum atomic E-state index is 13.4. The lowest BCUT2D eigenvalue weighted by Crippen LogP contribution is -2.21. The molecule has 0 fully saturated rings. The molecule has 0 heterocycles. The molecule has 8 nitrogen and oxygen atoms in total. The average Bonchev–Trinajstić information content (AvgIpc) is 2.90. The normalized spacial score (nSPS) is 13.2. The van der Waals surface area contributed by atoms with Gasteiger partial charge in [-0.3, -0.25) is 9.59 Å². The van der Waals surface area contributed by atoms with Crippen molar-refractivity contribution in [2.45, 2.75) is 29.4 Å². The molecule has 0 bridgehead atoms. The molecule has 0 atom stereocenters. The Hall–Kier alpha value is -3.00. The van der Waals surface area contributed by atoms with Crippen LogP contribution in [0.3, 0.4) is 0 Å². The fourth-order valence-electron chi connectivity index (χ4n) is 4.04. The zero-order valence-electron chi connectivity index (χ0n) is 19.7. The summed E-state index contributed by atoms with van der Waals surface area (Å²) in [5, 5.41) is 22.8. The van der Waals surface area contributed by atoms with E-state index in [1.807, 2.05) is 0 Å². The van der Waals surface area contributed by atoms with Gasteiger partial charge < -0.3 is 10.2 Å². The van der Waals surface area contributed by atoms with Gasteiger partial charge in [0.1, 0.15) is 11.5 Å². The first-order valence-corrected chi connectivity index (χ1v) is 17.3. The second kappa shape index (κ2) is 10.4. The number of benzene rings is 4. The smallest absolute Gasteiger partial charge is 0.261 e. The van der Waals surface area contributed by atoms with E-state index in [4.69, 9.17) is 21.4 Å². The summed E-state index contributed by atoms with van der Waals surface area (Å²) in [5.41, 5.74) is -0.589. The van der Waals surface area contributed by atoms with Crippen LogP contribution in [-0.4, -0.2) is 38.6 Å². The fourth-order valence-corrected chi connectivity index (χ4v) is 7.62. The molecule has 4 aromatic rings. The van der Waals surface area contributed by atoms with Gasteiger partial charge >= 0.3 is 0 Å². The summed E-state index contributed by atoms with van der Waals surface area (Å²) in [6.45, 7) is 0. The zero-order chi connectivity index (χ0) is 29.0. The lowest BCUT2D eigenvalue weighted by atomic mass is 9.83. The van der Waals surface area contributed by atoms with Crippen molar-refractivity contribution in [3.05, 3.63) is 95.1 Å². The molecule has 0 saturated heterocycles. The summed E-state index contributed by atoms with van der Waals surface area (Å²) < 4.78 is 46.6. The van der Waals surface area contributed by atoms with Crippen LogP contribution in [0.25, 0.3) is 0 Å². The summed E-state index contributed by atoms with van der Waals surface area (Å²) in [6, 6.07) is 16.7. The first kappa shape index (κ1) is 28.5. The molecule has 1 aliphatic carbocycles. The SMILES string of the molecule is O=C1c2ccccc2C(=O)c2c(O)c(Sc3ccc(S(=O)(=O)Cl)cc3)c(Sc3ccc(S(=O)(=O)Cl)cc3)c(O)c21. The quantitative estimate of drug-likeness (QED) is 0.165. The van der Waals surface area contributed by atoms with Crippen LogP contribution < -0.4 is 0 Å². The highest BCUT2D eigenvalue weighted by atomic mass is 35.7. The van der Waals surface area contributed by atoms with Crippen molar-refractivity contribution in [1.82, 2.24) is 0 Å². The minimum atomic E-state index is -3.99. The third-order valence-electron chi connectivity index (χ3n) is 5.88. The minimum Gasteiger partial charge on any atom is -0.506 e. The summed E-state index contributed by atoms with van der Waals surface area (Å²) in [5.74, 6) is -2.42. The summed E-state index contributed by atoms with van der Waals surface area (Å²) in [6.07, 6.45) is 0. The van der Waals surface area contributed by atoms with Crippen LogP contribution in [0, 0.1) is 0 Å². The fraction of sp³-hybridized carbons (Fsp3) is 0. The van der Waals surface area contributed by atoms with E-state index in [-0.39, 0.29) is 41.8 Å². The van der Waals surface area contributed by atoms with Gasteiger partial charge in [-0.2, -0.15) is 0 Å². The molecular weight excluding hydrogens is 639 g/mol. The number of carbonyl (C=O) groups excluding carboxylic acids is 2. The van der Waals surface area contributed by atoms with E-state index in [1.165, 1.54) is 60.7 Å². The molecule has 40 heavy (non-hydrogen) atoms. The van der Waals surface area contributed by atoms with Crippen molar-refractivity contribution >= 4 is 74.6 Å². The van der Waals surface area contributed by atoms with Gasteiger partial charge in [-0.15, -0.1) is 0 Å². The number of phenolic OH excluding ortho intramolecular Hbond substituents is 2. The Labute approximate surface area is 245 Å². The van der Waals surface area contributed by atoms with Crippen molar-refractivity contribution < 1.29 is 36.6 Å². The van der Waals surface area contributed by atoms with Crippen LogP contribution >= 0.6 is 44.9 Å². The van der Waals surface area contributed by atoms with Crippen molar-refractivity contribution in [2.75, 3.05) is 0 Å². The molecule has 5 rings (SSSR count). The first-order chi connectivity index (χ1) is 18.8. The van der Waals surface area contributed by atoms with Gasteiger partial charge in [0, 0.05) is 42.3 Å². The highest BCUT2D eigenvalue weighted by molar-refractivity contribution is 8.14. The first-order valence-electron chi connectivity index (χ1n) is 11.0. The molecule has 0 radical (unpaired) electrons. The molecule has 1 aliphatic rings. The monoisotopic (exact) mass is 652 g/mol. The largest absolute Gasteiger partial charge is 0.506 e. The van der Waals surface area contributed by atoms with Gasteiger partial charge in [0.05, 0.1) is 30.7 Å². The summed E-state index contributed by atoms with van der Waals surface area (Å²) in [4.78, 5) is 27.3. The van der Waals surface area contributed by atoms with Gasteiger partial charge in [-0.1, -0.05) is 47.8 Å². The van der Waals surface area contributed by atoms with Crippen molar-refractivity contribution in [2.24, 2.45) is 0 Å². The van der Waals surface area contributed by atoms with Crippen molar-refractivity contribution in [1.29, 1.82) is 0 Å². The van der Waals surface area contributed by atoms with E-state index in [0.29, 0.717) is 9.79 Å². The summed E-state index contributed by atoms with van der Waals surface area (Å²) in [7, 11) is 2.81. The van der Waals surface area contributed by atoms with Gasteiger partial charge in [0.2, 0.25) is 0 Å². The number of hydrogen-bond donors (Lipinski definition) is 2. The van der Waals surface area contributed by atoms with Crippen LogP contribution in [0.15, 0.2) is 102 Å². The van der Waals surface area contributed by atoms with E-state index >= 15 is 0 Å². The van der Waals surface area contributed by atoms with E-state index in [9.17, 15) is 36.6 Å². The highest BCUT2D eigenvalue weighted by Crippen LogP contribution is 2.53. The van der Waals surface area contributed by atoms with E-state index in [1.54, 1.807) is 12.1 Å². The third kappa shape index (κ3) is 5.22. The molecule has 0 saturated carbocycles. The Morgan fingerprint density at radius 3 is 1.18 bits per heavy atom. The summed E-state index contributed by atoms with van der Waals surface area (Å²) >= 11 is 1.82. The third-order valence-corrected chi connectivity index (χ3v) is 11.0. The Bertz CT molecular complexity index is 1800. The number of phenols is 2. The lowest BCUT2D eigenvalue weighted by molar-refractivity contribution is 0.0973. The maximum Gasteiger partial charge on any atom is 0.261 e. The van der Waals surface area contributed by atoms with E-state index < -0.39 is 41.2 Å². The predicted molar refractivity (Wildman–Crippen MR) is 150 cm³/mol. The van der Waals surface area contributed by atoms with Crippen LogP contribution in [0.5, 0.6) is 11.5 Å². The van der Waals surface area contributed by atoms with Crippen LogP contribution in [0.2, 0.25) is 0 Å². The molecule has 4 aromatic carbocycles. The van der Waals surface area contributed by atoms with E-state index in [2.05, 4.69) is 0 Å². The van der Waals surface area contributed by atoms with E-state index in [0.717, 1.165) is 23.5 Å². The molecule has 14 heteroatoms. The Morgan fingerprint density at radius 2 is 0.875 bits per heavy atom. The molecule has 0 spiro atoms. The van der Waals surface area contributed by atoms with Gasteiger partial charge in [0.25, 0.3) is 18.1 Å². The number of rotatable bonds is 6. The van der Waals surface area contributed by atoms with Gasteiger partial charge in [0.15, 0.2) is 11.6 Å².